The fraction of sp³-hybridized carbons (Fsp3) is 0.400. The number of nitrogens with one attached hydrogen (secondary N) is 1. The van der Waals surface area contributed by atoms with Gasteiger partial charge in [0, 0.05) is 12.6 Å². The predicted octanol–water partition coefficient (Wildman–Crippen LogP) is 3.26. The van der Waals surface area contributed by atoms with E-state index in [0.717, 1.165) is 18.4 Å². The van der Waals surface area contributed by atoms with Gasteiger partial charge in [0.25, 0.3) is 0 Å². The van der Waals surface area contributed by atoms with E-state index in [-0.39, 0.29) is 17.4 Å². The summed E-state index contributed by atoms with van der Waals surface area (Å²) in [4.78, 5) is 1.76. The Balaban J connectivity index is 2.01. The van der Waals surface area contributed by atoms with Gasteiger partial charge in [-0.1, -0.05) is 18.7 Å². The predicted molar refractivity (Wildman–Crippen MR) is 75.4 cm³/mol. The first-order valence-corrected chi connectivity index (χ1v) is 6.84. The van der Waals surface area contributed by atoms with Crippen LogP contribution in [0.25, 0.3) is 0 Å². The molecular weight excluding hydrogens is 279 g/mol. The summed E-state index contributed by atoms with van der Waals surface area (Å²) in [5.74, 6) is 0. The minimum Gasteiger partial charge on any atom is -0.359 e. The molecule has 0 spiro atoms. The fourth-order valence-corrected chi connectivity index (χ4v) is 3.15. The van der Waals surface area contributed by atoms with Crippen LogP contribution in [0.1, 0.15) is 19.8 Å². The Morgan fingerprint density at radius 1 is 1.43 bits per heavy atom. The van der Waals surface area contributed by atoms with E-state index in [9.17, 15) is 13.2 Å². The van der Waals surface area contributed by atoms with E-state index in [4.69, 9.17) is 0 Å². The molecule has 0 aromatic carbocycles. The first kappa shape index (κ1) is 14.0. The summed E-state index contributed by atoms with van der Waals surface area (Å²) < 4.78 is 40.0. The average molecular weight is 295 g/mol. The van der Waals surface area contributed by atoms with Crippen molar-refractivity contribution in [1.29, 1.82) is 0 Å². The summed E-state index contributed by atoms with van der Waals surface area (Å²) in [5.41, 5.74) is 3.83. The number of hydrogen-bond acceptors (Lipinski definition) is 3. The highest BCUT2D eigenvalue weighted by atomic mass is 19.4. The molecule has 2 aliphatic heterocycles. The Kier molecular flexibility index (Phi) is 3.19. The Labute approximate surface area is 121 Å². The summed E-state index contributed by atoms with van der Waals surface area (Å²) in [6, 6.07) is -0.0466. The molecule has 112 valence electrons. The molecule has 0 aromatic rings. The molecule has 0 fully saturated rings. The average Bonchev–Trinajstić information content (AvgIpc) is 2.75. The molecule has 3 nitrogen and oxygen atoms in total. The summed E-state index contributed by atoms with van der Waals surface area (Å²) in [5, 5.41) is 3.79. The zero-order chi connectivity index (χ0) is 15.2. The summed E-state index contributed by atoms with van der Waals surface area (Å²) in [7, 11) is 0. The number of halogens is 3. The molecule has 0 amide bonds. The molecule has 21 heavy (non-hydrogen) atoms. The lowest BCUT2D eigenvalue weighted by Gasteiger charge is -2.31. The van der Waals surface area contributed by atoms with Gasteiger partial charge < -0.3 is 4.90 Å². The molecule has 1 aliphatic carbocycles. The normalized spacial score (nSPS) is 25.6. The molecule has 0 saturated carbocycles. The van der Waals surface area contributed by atoms with Crippen molar-refractivity contribution < 1.29 is 13.2 Å². The van der Waals surface area contributed by atoms with Gasteiger partial charge in [-0.15, -0.1) is 0 Å². The van der Waals surface area contributed by atoms with Crippen molar-refractivity contribution in [2.24, 2.45) is 5.10 Å². The van der Waals surface area contributed by atoms with E-state index in [2.05, 4.69) is 23.2 Å². The molecule has 6 heteroatoms. The molecule has 0 radical (unpaired) electrons. The van der Waals surface area contributed by atoms with Crippen LogP contribution in [0.15, 0.2) is 51.9 Å². The first-order chi connectivity index (χ1) is 9.89. The van der Waals surface area contributed by atoms with Crippen molar-refractivity contribution in [1.82, 2.24) is 10.3 Å². The first-order valence-electron chi connectivity index (χ1n) is 6.84. The summed E-state index contributed by atoms with van der Waals surface area (Å²) in [6.45, 7) is 5.88. The number of hydrogen-bond donors (Lipinski definition) is 1. The van der Waals surface area contributed by atoms with Crippen molar-refractivity contribution in [3.63, 3.8) is 0 Å². The Hall–Kier alpha value is -1.98. The third-order valence-electron chi connectivity index (χ3n) is 4.16. The highest BCUT2D eigenvalue weighted by molar-refractivity contribution is 5.82. The van der Waals surface area contributed by atoms with E-state index < -0.39 is 11.7 Å². The molecule has 1 N–H and O–H groups in total. The van der Waals surface area contributed by atoms with Gasteiger partial charge in [-0.05, 0) is 30.9 Å². The maximum absolute atomic E-state index is 13.3. The van der Waals surface area contributed by atoms with Gasteiger partial charge in [0.1, 0.15) is 5.57 Å². The third kappa shape index (κ3) is 2.28. The van der Waals surface area contributed by atoms with Gasteiger partial charge in [0.2, 0.25) is 0 Å². The summed E-state index contributed by atoms with van der Waals surface area (Å²) >= 11 is 0. The van der Waals surface area contributed by atoms with Crippen LogP contribution < -0.4 is 5.43 Å². The van der Waals surface area contributed by atoms with E-state index >= 15 is 0 Å². The lowest BCUT2D eigenvalue weighted by Crippen LogP contribution is -2.36. The molecule has 3 rings (SSSR count). The maximum atomic E-state index is 13.3. The molecule has 0 saturated heterocycles. The largest absolute Gasteiger partial charge is 0.420 e. The van der Waals surface area contributed by atoms with Crippen LogP contribution in [0.2, 0.25) is 0 Å². The van der Waals surface area contributed by atoms with Crippen molar-refractivity contribution in [2.45, 2.75) is 32.0 Å². The fourth-order valence-electron chi connectivity index (χ4n) is 3.15. The second kappa shape index (κ2) is 4.79. The number of allylic oxidation sites excluding steroid dienone is 3. The standard InChI is InChI=1S/C15H16F3N3/c1-9-14(15(16,17)18)13(7-19-20-9)21-8-11-5-3-4-6-12(11)10(21)2/h3,5,7,10,20H,1,4,6,8H2,2H3. The van der Waals surface area contributed by atoms with Crippen LogP contribution in [0, 0.1) is 0 Å². The van der Waals surface area contributed by atoms with Gasteiger partial charge in [0.05, 0.1) is 17.6 Å². The highest BCUT2D eigenvalue weighted by Crippen LogP contribution is 2.39. The SMILES string of the molecule is C=C1NN=CC(N2CC3=C(CCC=C3)C2C)=C1C(F)(F)F. The number of hydrazone groups is 1. The van der Waals surface area contributed by atoms with Crippen LogP contribution in [0.4, 0.5) is 13.2 Å². The zero-order valence-electron chi connectivity index (χ0n) is 11.7. The van der Waals surface area contributed by atoms with Gasteiger partial charge in [-0.3, -0.25) is 5.43 Å². The minimum absolute atomic E-state index is 0.0466. The van der Waals surface area contributed by atoms with Crippen molar-refractivity contribution >= 4 is 6.21 Å². The molecule has 2 heterocycles. The quantitative estimate of drug-likeness (QED) is 0.804. The van der Waals surface area contributed by atoms with Gasteiger partial charge in [0.15, 0.2) is 0 Å². The van der Waals surface area contributed by atoms with Crippen molar-refractivity contribution in [3.05, 3.63) is 46.8 Å². The van der Waals surface area contributed by atoms with Gasteiger partial charge >= 0.3 is 6.18 Å². The highest BCUT2D eigenvalue weighted by Gasteiger charge is 2.42. The maximum Gasteiger partial charge on any atom is 0.420 e. The molecule has 0 aromatic heterocycles. The topological polar surface area (TPSA) is 27.6 Å². The Morgan fingerprint density at radius 2 is 2.19 bits per heavy atom. The zero-order valence-corrected chi connectivity index (χ0v) is 11.7. The van der Waals surface area contributed by atoms with Crippen LogP contribution in [-0.2, 0) is 0 Å². The van der Waals surface area contributed by atoms with E-state index in [1.807, 2.05) is 13.0 Å². The van der Waals surface area contributed by atoms with Crippen LogP contribution in [0.5, 0.6) is 0 Å². The lowest BCUT2D eigenvalue weighted by molar-refractivity contribution is -0.0916. The second-order valence-corrected chi connectivity index (χ2v) is 5.40. The molecular formula is C15H16F3N3. The van der Waals surface area contributed by atoms with Crippen molar-refractivity contribution in [3.8, 4) is 0 Å². The molecule has 1 unspecified atom stereocenters. The van der Waals surface area contributed by atoms with E-state index in [1.54, 1.807) is 4.90 Å². The number of rotatable bonds is 1. The molecule has 3 aliphatic rings. The van der Waals surface area contributed by atoms with E-state index in [0.29, 0.717) is 6.54 Å². The van der Waals surface area contributed by atoms with E-state index in [1.165, 1.54) is 11.8 Å². The third-order valence-corrected chi connectivity index (χ3v) is 4.16. The Bertz CT molecular complexity index is 608. The smallest absolute Gasteiger partial charge is 0.359 e. The second-order valence-electron chi connectivity index (χ2n) is 5.40. The monoisotopic (exact) mass is 295 g/mol. The Morgan fingerprint density at radius 3 is 2.86 bits per heavy atom. The summed E-state index contributed by atoms with van der Waals surface area (Å²) in [6.07, 6.45) is 2.75. The number of nitrogens with zero attached hydrogens (tertiary/aromatic N) is 2. The van der Waals surface area contributed by atoms with Gasteiger partial charge in [-0.2, -0.15) is 18.3 Å². The van der Waals surface area contributed by atoms with Crippen molar-refractivity contribution in [2.75, 3.05) is 6.54 Å². The van der Waals surface area contributed by atoms with Crippen LogP contribution >= 0.6 is 0 Å². The molecule has 1 atom stereocenters. The molecule has 0 bridgehead atoms. The number of alkyl halides is 3. The van der Waals surface area contributed by atoms with Crippen LogP contribution in [-0.4, -0.2) is 29.9 Å². The minimum atomic E-state index is -4.45. The van der Waals surface area contributed by atoms with Crippen LogP contribution in [0.3, 0.4) is 0 Å². The van der Waals surface area contributed by atoms with Gasteiger partial charge in [-0.25, -0.2) is 0 Å². The lowest BCUT2D eigenvalue weighted by atomic mass is 9.96.